The number of nitrogens with two attached hydrogens (primary N) is 1. The second-order valence-corrected chi connectivity index (χ2v) is 11.6. The van der Waals surface area contributed by atoms with Crippen molar-refractivity contribution in [2.75, 3.05) is 39.3 Å². The van der Waals surface area contributed by atoms with E-state index >= 15 is 4.39 Å². The molecule has 3 aliphatic rings. The quantitative estimate of drug-likeness (QED) is 0.470. The zero-order chi connectivity index (χ0) is 28.8. The maximum Gasteiger partial charge on any atom is 0.257 e. The third-order valence-corrected chi connectivity index (χ3v) is 8.36. The molecule has 0 radical (unpaired) electrons. The van der Waals surface area contributed by atoms with Gasteiger partial charge in [0.15, 0.2) is 6.23 Å². The van der Waals surface area contributed by atoms with Crippen LogP contribution in [-0.2, 0) is 26.5 Å². The Labute approximate surface area is 236 Å². The second-order valence-electron chi connectivity index (χ2n) is 11.2. The molecule has 0 bridgehead atoms. The fraction of sp³-hybridized carbons (Fsp3) is 0.500. The molecule has 10 nitrogen and oxygen atoms in total. The summed E-state index contributed by atoms with van der Waals surface area (Å²) in [6.45, 7) is 5.51. The van der Waals surface area contributed by atoms with E-state index in [2.05, 4.69) is 4.98 Å². The van der Waals surface area contributed by atoms with E-state index in [1.807, 2.05) is 4.90 Å². The highest BCUT2D eigenvalue weighted by Crippen LogP contribution is 2.48. The number of benzene rings is 1. The minimum Gasteiger partial charge on any atom is -0.384 e. The number of carbonyl (C=O) groups excluding carboxylic acids is 3. The molecule has 12 heteroatoms. The SMILES string of the molecule is CC(=O)N1CCN(CC(C)(O)c2cc(F)c3c(c2)C(=O)N(Cc2ccc(Cl)cn2)[C@@H]3OCC2(C(N)=O)CC2)CC1. The number of fused-ring (bicyclic) bond motifs is 1. The van der Waals surface area contributed by atoms with Gasteiger partial charge in [0.1, 0.15) is 5.82 Å². The lowest BCUT2D eigenvalue weighted by atomic mass is 9.91. The zero-order valence-electron chi connectivity index (χ0n) is 22.5. The van der Waals surface area contributed by atoms with Gasteiger partial charge >= 0.3 is 0 Å². The van der Waals surface area contributed by atoms with Gasteiger partial charge in [-0.15, -0.1) is 0 Å². The molecule has 2 fully saturated rings. The van der Waals surface area contributed by atoms with E-state index in [1.165, 1.54) is 30.2 Å². The smallest absolute Gasteiger partial charge is 0.257 e. The minimum atomic E-state index is -1.47. The summed E-state index contributed by atoms with van der Waals surface area (Å²) in [4.78, 5) is 46.7. The fourth-order valence-electron chi connectivity index (χ4n) is 5.38. The Bertz CT molecular complexity index is 1330. The fourth-order valence-corrected chi connectivity index (χ4v) is 5.49. The van der Waals surface area contributed by atoms with Crippen molar-refractivity contribution in [2.24, 2.45) is 11.1 Å². The molecule has 40 heavy (non-hydrogen) atoms. The Morgan fingerprint density at radius 2 is 1.95 bits per heavy atom. The number of hydrogen-bond acceptors (Lipinski definition) is 7. The van der Waals surface area contributed by atoms with Crippen molar-refractivity contribution in [3.05, 3.63) is 63.7 Å². The summed E-state index contributed by atoms with van der Waals surface area (Å²) in [6.07, 6.45) is 1.49. The van der Waals surface area contributed by atoms with Crippen LogP contribution in [0.1, 0.15) is 60.1 Å². The molecule has 2 aliphatic heterocycles. The summed E-state index contributed by atoms with van der Waals surface area (Å²) in [7, 11) is 0. The Kier molecular flexibility index (Phi) is 7.60. The molecule has 1 aliphatic carbocycles. The van der Waals surface area contributed by atoms with Gasteiger partial charge in [-0.3, -0.25) is 24.3 Å². The van der Waals surface area contributed by atoms with Gasteiger partial charge in [0, 0.05) is 51.4 Å². The van der Waals surface area contributed by atoms with Crippen molar-refractivity contribution in [3.63, 3.8) is 0 Å². The lowest BCUT2D eigenvalue weighted by Crippen LogP contribution is -2.51. The van der Waals surface area contributed by atoms with E-state index in [0.717, 1.165) is 0 Å². The lowest BCUT2D eigenvalue weighted by Gasteiger charge is -2.38. The molecule has 5 rings (SSSR count). The van der Waals surface area contributed by atoms with Crippen LogP contribution in [0.3, 0.4) is 0 Å². The largest absolute Gasteiger partial charge is 0.384 e. The summed E-state index contributed by atoms with van der Waals surface area (Å²) in [5.74, 6) is -1.65. The van der Waals surface area contributed by atoms with Crippen molar-refractivity contribution in [3.8, 4) is 0 Å². The Hall–Kier alpha value is -3.12. The monoisotopic (exact) mass is 573 g/mol. The number of ether oxygens (including phenoxy) is 1. The van der Waals surface area contributed by atoms with E-state index in [-0.39, 0.29) is 42.3 Å². The summed E-state index contributed by atoms with van der Waals surface area (Å²) in [5, 5.41) is 11.8. The van der Waals surface area contributed by atoms with E-state index in [0.29, 0.717) is 49.7 Å². The first-order chi connectivity index (χ1) is 18.9. The molecule has 2 aromatic rings. The van der Waals surface area contributed by atoms with E-state index in [4.69, 9.17) is 22.1 Å². The van der Waals surface area contributed by atoms with Gasteiger partial charge in [0.05, 0.1) is 40.4 Å². The molecular weight excluding hydrogens is 541 g/mol. The average Bonchev–Trinajstić information content (AvgIpc) is 3.65. The molecule has 1 unspecified atom stereocenters. The predicted octanol–water partition coefficient (Wildman–Crippen LogP) is 2.18. The van der Waals surface area contributed by atoms with Gasteiger partial charge < -0.3 is 25.4 Å². The number of aromatic nitrogens is 1. The van der Waals surface area contributed by atoms with Crippen molar-refractivity contribution < 1.29 is 28.6 Å². The first kappa shape index (κ1) is 28.4. The van der Waals surface area contributed by atoms with Crippen LogP contribution in [0.2, 0.25) is 5.02 Å². The van der Waals surface area contributed by atoms with Crippen LogP contribution in [-0.4, -0.2) is 81.8 Å². The highest BCUT2D eigenvalue weighted by molar-refractivity contribution is 6.30. The van der Waals surface area contributed by atoms with E-state index in [1.54, 1.807) is 24.0 Å². The standard InChI is InChI=1S/C28H33ClFN5O5/c1-17(36)34-9-7-33(8-10-34)15-27(2,39)18-11-21-23(22(30)12-18)25(40-16-28(5-6-28)26(31)38)35(24(21)37)14-20-4-3-19(29)13-32-20/h3-4,11-13,25,39H,5-10,14-16H2,1-2H3,(H2,31,38)/t25-,27?/m1/s1. The summed E-state index contributed by atoms with van der Waals surface area (Å²) >= 11 is 5.96. The Morgan fingerprint density at radius 1 is 1.25 bits per heavy atom. The second kappa shape index (κ2) is 10.7. The Balaban J connectivity index is 1.41. The zero-order valence-corrected chi connectivity index (χ0v) is 23.3. The number of β-amino-alcohol motifs (C(OH)–C–C–N with tert-alkyl or cyclic N) is 1. The first-order valence-corrected chi connectivity index (χ1v) is 13.7. The third-order valence-electron chi connectivity index (χ3n) is 8.14. The molecule has 214 valence electrons. The van der Waals surface area contributed by atoms with Crippen LogP contribution in [0.5, 0.6) is 0 Å². The molecule has 3 N–H and O–H groups in total. The van der Waals surface area contributed by atoms with Gasteiger partial charge in [-0.2, -0.15) is 0 Å². The first-order valence-electron chi connectivity index (χ1n) is 13.3. The van der Waals surface area contributed by atoms with Crippen molar-refractivity contribution in [2.45, 2.75) is 45.1 Å². The van der Waals surface area contributed by atoms with Crippen LogP contribution < -0.4 is 5.73 Å². The van der Waals surface area contributed by atoms with Crippen LogP contribution in [0.15, 0.2) is 30.5 Å². The number of pyridine rings is 1. The minimum absolute atomic E-state index is 0.00387. The van der Waals surface area contributed by atoms with Crippen LogP contribution in [0.25, 0.3) is 0 Å². The molecule has 2 atom stereocenters. The molecule has 0 spiro atoms. The third kappa shape index (κ3) is 5.56. The Morgan fingerprint density at radius 3 is 2.52 bits per heavy atom. The molecular formula is C28H33ClFN5O5. The highest BCUT2D eigenvalue weighted by atomic mass is 35.5. The predicted molar refractivity (Wildman–Crippen MR) is 143 cm³/mol. The topological polar surface area (TPSA) is 129 Å². The van der Waals surface area contributed by atoms with Gasteiger partial charge in [0.25, 0.3) is 5.91 Å². The van der Waals surface area contributed by atoms with Crippen LogP contribution >= 0.6 is 11.6 Å². The summed E-state index contributed by atoms with van der Waals surface area (Å²) < 4.78 is 21.9. The molecule has 3 amide bonds. The van der Waals surface area contributed by atoms with Crippen molar-refractivity contribution >= 4 is 29.3 Å². The number of nitrogens with zero attached hydrogens (tertiary/aromatic N) is 4. The highest BCUT2D eigenvalue weighted by Gasteiger charge is 2.51. The number of piperazine rings is 1. The van der Waals surface area contributed by atoms with Gasteiger partial charge in [-0.1, -0.05) is 11.6 Å². The lowest BCUT2D eigenvalue weighted by molar-refractivity contribution is -0.131. The van der Waals surface area contributed by atoms with Gasteiger partial charge in [-0.05, 0) is 49.6 Å². The molecule has 1 aromatic heterocycles. The number of aliphatic hydroxyl groups is 1. The van der Waals surface area contributed by atoms with E-state index < -0.39 is 34.9 Å². The average molecular weight is 574 g/mol. The van der Waals surface area contributed by atoms with Crippen LogP contribution in [0.4, 0.5) is 4.39 Å². The molecule has 1 saturated heterocycles. The number of halogens is 2. The molecule has 1 saturated carbocycles. The van der Waals surface area contributed by atoms with Gasteiger partial charge in [0.2, 0.25) is 11.8 Å². The van der Waals surface area contributed by atoms with E-state index in [9.17, 15) is 19.5 Å². The summed E-state index contributed by atoms with van der Waals surface area (Å²) in [6, 6.07) is 6.06. The maximum atomic E-state index is 15.8. The molecule has 3 heterocycles. The normalized spacial score (nSPS) is 21.7. The van der Waals surface area contributed by atoms with Crippen molar-refractivity contribution in [1.82, 2.24) is 19.7 Å². The van der Waals surface area contributed by atoms with Crippen LogP contribution in [0, 0.1) is 11.2 Å². The van der Waals surface area contributed by atoms with Gasteiger partial charge in [-0.25, -0.2) is 4.39 Å². The number of carbonyl (C=O) groups is 3. The summed E-state index contributed by atoms with van der Waals surface area (Å²) in [5.41, 5.74) is 4.18. The number of hydrogen-bond donors (Lipinski definition) is 2. The number of amides is 3. The molecule has 1 aromatic carbocycles. The number of rotatable bonds is 9. The maximum absolute atomic E-state index is 15.8. The number of primary amides is 1. The van der Waals surface area contributed by atoms with Crippen molar-refractivity contribution in [1.29, 1.82) is 0 Å².